The third kappa shape index (κ3) is 3.07. The Hall–Kier alpha value is -1.56. The lowest BCUT2D eigenvalue weighted by molar-refractivity contribution is -0.117. The number of halogens is 1. The second-order valence-electron chi connectivity index (χ2n) is 4.43. The van der Waals surface area contributed by atoms with Crippen molar-refractivity contribution in [2.24, 2.45) is 11.0 Å². The summed E-state index contributed by atoms with van der Waals surface area (Å²) in [6.07, 6.45) is 0.384. The molecule has 1 aliphatic rings. The fraction of sp³-hybridized carbons (Fsp3) is 0.417. The highest BCUT2D eigenvalue weighted by Gasteiger charge is 2.31. The van der Waals surface area contributed by atoms with Gasteiger partial charge >= 0.3 is 0 Å². The van der Waals surface area contributed by atoms with Crippen LogP contribution in [0.2, 0.25) is 0 Å². The molecule has 0 aromatic heterocycles. The minimum absolute atomic E-state index is 0.00827. The number of rotatable bonds is 4. The zero-order chi connectivity index (χ0) is 13.8. The van der Waals surface area contributed by atoms with Crippen LogP contribution in [0.15, 0.2) is 27.8 Å². The summed E-state index contributed by atoms with van der Waals surface area (Å²) in [5.74, 6) is 0.0574. The first kappa shape index (κ1) is 13.9. The third-order valence-corrected chi connectivity index (χ3v) is 3.76. The predicted octanol–water partition coefficient (Wildman–Crippen LogP) is 2.60. The molecule has 0 bridgehead atoms. The maximum Gasteiger partial charge on any atom is 0.227 e. The van der Waals surface area contributed by atoms with Crippen LogP contribution in [0.1, 0.15) is 12.0 Å². The summed E-state index contributed by atoms with van der Waals surface area (Å²) in [6, 6.07) is 5.40. The highest BCUT2D eigenvalue weighted by atomic mass is 79.9. The summed E-state index contributed by atoms with van der Waals surface area (Å²) in [5.41, 5.74) is 9.82. The van der Waals surface area contributed by atoms with Crippen LogP contribution >= 0.6 is 15.9 Å². The number of amides is 1. The number of anilines is 1. The molecule has 1 heterocycles. The van der Waals surface area contributed by atoms with E-state index in [-0.39, 0.29) is 18.4 Å². The van der Waals surface area contributed by atoms with E-state index in [2.05, 4.69) is 26.0 Å². The molecule has 1 aromatic rings. The standard InChI is InChI=1S/C12H13BrN4O2/c13-10-2-1-8(7-18)3-11(10)17-6-9(4-12(17)19)5-15-16-14/h1-3,9,18H,4-7H2. The molecule has 19 heavy (non-hydrogen) atoms. The van der Waals surface area contributed by atoms with E-state index in [1.165, 1.54) is 0 Å². The smallest absolute Gasteiger partial charge is 0.227 e. The molecule has 1 aliphatic heterocycles. The van der Waals surface area contributed by atoms with Gasteiger partial charge in [0.2, 0.25) is 5.91 Å². The van der Waals surface area contributed by atoms with Crippen LogP contribution in [0.25, 0.3) is 10.4 Å². The summed E-state index contributed by atoms with van der Waals surface area (Å²) >= 11 is 3.41. The summed E-state index contributed by atoms with van der Waals surface area (Å²) in [4.78, 5) is 16.4. The first-order chi connectivity index (χ1) is 9.15. The van der Waals surface area contributed by atoms with Gasteiger partial charge in [-0.25, -0.2) is 0 Å². The molecule has 100 valence electrons. The molecular weight excluding hydrogens is 312 g/mol. The number of benzene rings is 1. The first-order valence-corrected chi connectivity index (χ1v) is 6.65. The monoisotopic (exact) mass is 324 g/mol. The van der Waals surface area contributed by atoms with E-state index in [0.29, 0.717) is 19.5 Å². The maximum atomic E-state index is 12.0. The molecule has 0 saturated carbocycles. The maximum absolute atomic E-state index is 12.0. The summed E-state index contributed by atoms with van der Waals surface area (Å²) in [7, 11) is 0. The van der Waals surface area contributed by atoms with Crippen molar-refractivity contribution in [2.45, 2.75) is 13.0 Å². The predicted molar refractivity (Wildman–Crippen MR) is 74.5 cm³/mol. The molecule has 1 atom stereocenters. The minimum atomic E-state index is -0.0650. The molecule has 1 aromatic carbocycles. The molecule has 7 heteroatoms. The Morgan fingerprint density at radius 1 is 1.58 bits per heavy atom. The first-order valence-electron chi connectivity index (χ1n) is 5.86. The molecule has 1 fully saturated rings. The molecule has 1 saturated heterocycles. The summed E-state index contributed by atoms with van der Waals surface area (Å²) in [5, 5.41) is 12.7. The molecule has 1 N–H and O–H groups in total. The second-order valence-corrected chi connectivity index (χ2v) is 5.29. The van der Waals surface area contributed by atoms with Gasteiger partial charge in [-0.15, -0.1) is 0 Å². The highest BCUT2D eigenvalue weighted by molar-refractivity contribution is 9.10. The van der Waals surface area contributed by atoms with E-state index in [1.54, 1.807) is 17.0 Å². The van der Waals surface area contributed by atoms with E-state index in [4.69, 9.17) is 10.6 Å². The number of carbonyl (C=O) groups is 1. The number of carbonyl (C=O) groups excluding carboxylic acids is 1. The quantitative estimate of drug-likeness (QED) is 0.524. The zero-order valence-electron chi connectivity index (χ0n) is 10.2. The molecule has 1 amide bonds. The van der Waals surface area contributed by atoms with Gasteiger partial charge in [-0.1, -0.05) is 11.2 Å². The Kier molecular flexibility index (Phi) is 4.42. The Morgan fingerprint density at radius 3 is 3.05 bits per heavy atom. The Labute approximate surface area is 118 Å². The number of azide groups is 1. The van der Waals surface area contributed by atoms with Crippen LogP contribution in [-0.2, 0) is 11.4 Å². The van der Waals surface area contributed by atoms with E-state index < -0.39 is 0 Å². The van der Waals surface area contributed by atoms with Crippen molar-refractivity contribution >= 4 is 27.5 Å². The normalized spacial score (nSPS) is 18.5. The lowest BCUT2D eigenvalue weighted by atomic mass is 10.1. The molecule has 0 spiro atoms. The molecule has 0 aliphatic carbocycles. The third-order valence-electron chi connectivity index (χ3n) is 3.09. The molecular formula is C12H13BrN4O2. The van der Waals surface area contributed by atoms with Crippen molar-refractivity contribution in [3.05, 3.63) is 38.7 Å². The van der Waals surface area contributed by atoms with Gasteiger partial charge in [0.1, 0.15) is 0 Å². The summed E-state index contributed by atoms with van der Waals surface area (Å²) in [6.45, 7) is 0.797. The van der Waals surface area contributed by atoms with Gasteiger partial charge in [-0.05, 0) is 45.1 Å². The fourth-order valence-electron chi connectivity index (χ4n) is 2.15. The van der Waals surface area contributed by atoms with Crippen LogP contribution < -0.4 is 4.90 Å². The molecule has 0 radical (unpaired) electrons. The topological polar surface area (TPSA) is 89.3 Å². The zero-order valence-corrected chi connectivity index (χ0v) is 11.7. The lowest BCUT2D eigenvalue weighted by Gasteiger charge is -2.19. The Bertz CT molecular complexity index is 543. The van der Waals surface area contributed by atoms with Crippen LogP contribution in [0.5, 0.6) is 0 Å². The summed E-state index contributed by atoms with van der Waals surface area (Å²) < 4.78 is 0.808. The van der Waals surface area contributed by atoms with Crippen molar-refractivity contribution in [3.8, 4) is 0 Å². The van der Waals surface area contributed by atoms with Gasteiger partial charge in [0.15, 0.2) is 0 Å². The number of nitrogens with zero attached hydrogens (tertiary/aromatic N) is 4. The molecule has 1 unspecified atom stereocenters. The number of aliphatic hydroxyl groups excluding tert-OH is 1. The second kappa shape index (κ2) is 6.06. The largest absolute Gasteiger partial charge is 0.392 e. The van der Waals surface area contributed by atoms with Crippen LogP contribution in [0.3, 0.4) is 0 Å². The Balaban J connectivity index is 2.22. The molecule has 6 nitrogen and oxygen atoms in total. The lowest BCUT2D eigenvalue weighted by Crippen LogP contribution is -2.25. The van der Waals surface area contributed by atoms with Crippen molar-refractivity contribution in [1.29, 1.82) is 0 Å². The number of aliphatic hydroxyl groups is 1. The van der Waals surface area contributed by atoms with Gasteiger partial charge in [-0.2, -0.15) is 0 Å². The van der Waals surface area contributed by atoms with Crippen LogP contribution in [0.4, 0.5) is 5.69 Å². The number of hydrogen-bond donors (Lipinski definition) is 1. The van der Waals surface area contributed by atoms with Crippen molar-refractivity contribution < 1.29 is 9.90 Å². The van der Waals surface area contributed by atoms with Gasteiger partial charge in [0.25, 0.3) is 0 Å². The average molecular weight is 325 g/mol. The van der Waals surface area contributed by atoms with E-state index in [1.807, 2.05) is 6.07 Å². The van der Waals surface area contributed by atoms with E-state index in [9.17, 15) is 4.79 Å². The highest BCUT2D eigenvalue weighted by Crippen LogP contribution is 2.32. The van der Waals surface area contributed by atoms with Crippen LogP contribution in [0, 0.1) is 5.92 Å². The van der Waals surface area contributed by atoms with Gasteiger partial charge in [0.05, 0.1) is 12.3 Å². The molecule has 2 rings (SSSR count). The Morgan fingerprint density at radius 2 is 2.37 bits per heavy atom. The van der Waals surface area contributed by atoms with E-state index >= 15 is 0 Å². The van der Waals surface area contributed by atoms with Gasteiger partial charge in [-0.3, -0.25) is 4.79 Å². The van der Waals surface area contributed by atoms with Gasteiger partial charge in [0, 0.05) is 28.9 Å². The van der Waals surface area contributed by atoms with E-state index in [0.717, 1.165) is 15.7 Å². The fourth-order valence-corrected chi connectivity index (χ4v) is 2.61. The van der Waals surface area contributed by atoms with Crippen molar-refractivity contribution in [2.75, 3.05) is 18.0 Å². The van der Waals surface area contributed by atoms with Crippen molar-refractivity contribution in [3.63, 3.8) is 0 Å². The van der Waals surface area contributed by atoms with Gasteiger partial charge < -0.3 is 10.0 Å². The van der Waals surface area contributed by atoms with Crippen molar-refractivity contribution in [1.82, 2.24) is 0 Å². The van der Waals surface area contributed by atoms with Crippen LogP contribution in [-0.4, -0.2) is 24.1 Å². The average Bonchev–Trinajstić information content (AvgIpc) is 2.78. The number of hydrogen-bond acceptors (Lipinski definition) is 3. The SMILES string of the molecule is [N-]=[N+]=NCC1CC(=O)N(c2cc(CO)ccc2Br)C1. The minimum Gasteiger partial charge on any atom is -0.392 e.